The number of hydrogen-bond acceptors (Lipinski definition) is 3. The molecule has 0 aliphatic carbocycles. The van der Waals surface area contributed by atoms with Crippen molar-refractivity contribution in [2.75, 3.05) is 6.54 Å². The average molecular weight is 320 g/mol. The second-order valence-electron chi connectivity index (χ2n) is 4.55. The van der Waals surface area contributed by atoms with Gasteiger partial charge in [-0.25, -0.2) is 13.1 Å². The highest BCUT2D eigenvalue weighted by Gasteiger charge is 2.36. The molecule has 0 unspecified atom stereocenters. The SMILES string of the molecule is CCC(CC)(CNS(=O)(=O)c1ccccc1Cl)C(=O)O. The molecule has 5 nitrogen and oxygen atoms in total. The van der Waals surface area contributed by atoms with E-state index in [2.05, 4.69) is 4.72 Å². The number of carboxylic acid groups (broad SMARTS) is 1. The second-order valence-corrected chi connectivity index (χ2v) is 6.69. The van der Waals surface area contributed by atoms with E-state index in [1.165, 1.54) is 12.1 Å². The first-order valence-electron chi connectivity index (χ1n) is 6.26. The molecule has 0 spiro atoms. The number of sulfonamides is 1. The maximum absolute atomic E-state index is 12.2. The van der Waals surface area contributed by atoms with Gasteiger partial charge in [0.05, 0.1) is 10.4 Å². The van der Waals surface area contributed by atoms with E-state index in [4.69, 9.17) is 11.6 Å². The molecule has 0 saturated heterocycles. The Morgan fingerprint density at radius 2 is 1.85 bits per heavy atom. The fourth-order valence-electron chi connectivity index (χ4n) is 1.85. The number of nitrogens with one attached hydrogen (secondary N) is 1. The fourth-order valence-corrected chi connectivity index (χ4v) is 3.50. The molecule has 0 aliphatic rings. The predicted molar refractivity (Wildman–Crippen MR) is 77.3 cm³/mol. The Hall–Kier alpha value is -1.11. The summed E-state index contributed by atoms with van der Waals surface area (Å²) >= 11 is 5.85. The Kier molecular flexibility index (Phi) is 5.56. The molecular weight excluding hydrogens is 302 g/mol. The van der Waals surface area contributed by atoms with Crippen LogP contribution in [0.3, 0.4) is 0 Å². The molecule has 112 valence electrons. The van der Waals surface area contributed by atoms with Crippen LogP contribution in [-0.4, -0.2) is 26.0 Å². The molecule has 0 heterocycles. The lowest BCUT2D eigenvalue weighted by Gasteiger charge is -2.26. The van der Waals surface area contributed by atoms with Gasteiger partial charge in [0.1, 0.15) is 4.90 Å². The third-order valence-electron chi connectivity index (χ3n) is 3.53. The number of rotatable bonds is 7. The molecule has 20 heavy (non-hydrogen) atoms. The van der Waals surface area contributed by atoms with E-state index < -0.39 is 21.4 Å². The van der Waals surface area contributed by atoms with Crippen molar-refractivity contribution in [2.24, 2.45) is 5.41 Å². The van der Waals surface area contributed by atoms with E-state index in [1.54, 1.807) is 26.0 Å². The molecule has 0 saturated carbocycles. The molecule has 1 rings (SSSR count). The Morgan fingerprint density at radius 1 is 1.30 bits per heavy atom. The molecule has 1 aromatic rings. The number of carbonyl (C=O) groups is 1. The molecule has 0 amide bonds. The maximum Gasteiger partial charge on any atom is 0.310 e. The smallest absolute Gasteiger partial charge is 0.310 e. The van der Waals surface area contributed by atoms with Crippen molar-refractivity contribution in [2.45, 2.75) is 31.6 Å². The van der Waals surface area contributed by atoms with Crippen molar-refractivity contribution < 1.29 is 18.3 Å². The minimum atomic E-state index is -3.82. The van der Waals surface area contributed by atoms with E-state index in [0.29, 0.717) is 12.8 Å². The zero-order valence-corrected chi connectivity index (χ0v) is 13.0. The monoisotopic (exact) mass is 319 g/mol. The number of carboxylic acids is 1. The molecule has 0 bridgehead atoms. The van der Waals surface area contributed by atoms with Crippen LogP contribution in [0.2, 0.25) is 5.02 Å². The number of hydrogen-bond donors (Lipinski definition) is 2. The van der Waals surface area contributed by atoms with Crippen LogP contribution in [0.5, 0.6) is 0 Å². The summed E-state index contributed by atoms with van der Waals surface area (Å²) < 4.78 is 26.7. The van der Waals surface area contributed by atoms with Gasteiger partial charge in [-0.1, -0.05) is 37.6 Å². The number of aliphatic carboxylic acids is 1. The van der Waals surface area contributed by atoms with Crippen LogP contribution in [0, 0.1) is 5.41 Å². The van der Waals surface area contributed by atoms with Gasteiger partial charge >= 0.3 is 5.97 Å². The molecule has 0 fully saturated rings. The van der Waals surface area contributed by atoms with E-state index >= 15 is 0 Å². The van der Waals surface area contributed by atoms with Crippen LogP contribution in [0.15, 0.2) is 29.2 Å². The van der Waals surface area contributed by atoms with Gasteiger partial charge in [0, 0.05) is 6.54 Å². The van der Waals surface area contributed by atoms with Gasteiger partial charge in [-0.05, 0) is 25.0 Å². The van der Waals surface area contributed by atoms with Crippen molar-refractivity contribution in [3.8, 4) is 0 Å². The van der Waals surface area contributed by atoms with Gasteiger partial charge < -0.3 is 5.11 Å². The molecule has 2 N–H and O–H groups in total. The highest BCUT2D eigenvalue weighted by atomic mass is 35.5. The lowest BCUT2D eigenvalue weighted by molar-refractivity contribution is -0.149. The second kappa shape index (κ2) is 6.56. The fraction of sp³-hybridized carbons (Fsp3) is 0.462. The zero-order chi connectivity index (χ0) is 15.4. The Bertz CT molecular complexity index is 582. The predicted octanol–water partition coefficient (Wildman–Crippen LogP) is 2.51. The van der Waals surface area contributed by atoms with Crippen LogP contribution in [0.25, 0.3) is 0 Å². The molecule has 7 heteroatoms. The molecule has 0 aromatic heterocycles. The van der Waals surface area contributed by atoms with Crippen LogP contribution >= 0.6 is 11.6 Å². The van der Waals surface area contributed by atoms with Crippen molar-refractivity contribution in [1.29, 1.82) is 0 Å². The molecular formula is C13H18ClNO4S. The van der Waals surface area contributed by atoms with Gasteiger partial charge in [-0.2, -0.15) is 0 Å². The zero-order valence-electron chi connectivity index (χ0n) is 11.4. The summed E-state index contributed by atoms with van der Waals surface area (Å²) in [6.45, 7) is 3.28. The largest absolute Gasteiger partial charge is 0.481 e. The number of halogens is 1. The van der Waals surface area contributed by atoms with E-state index in [9.17, 15) is 18.3 Å². The highest BCUT2D eigenvalue weighted by Crippen LogP contribution is 2.27. The highest BCUT2D eigenvalue weighted by molar-refractivity contribution is 7.89. The van der Waals surface area contributed by atoms with Crippen LogP contribution in [-0.2, 0) is 14.8 Å². The summed E-state index contributed by atoms with van der Waals surface area (Å²) in [5.41, 5.74) is -1.10. The average Bonchev–Trinajstić information content (AvgIpc) is 2.40. The quantitative estimate of drug-likeness (QED) is 0.809. The summed E-state index contributed by atoms with van der Waals surface area (Å²) in [6.07, 6.45) is 0.674. The van der Waals surface area contributed by atoms with Gasteiger partial charge in [-0.3, -0.25) is 4.79 Å². The summed E-state index contributed by atoms with van der Waals surface area (Å²) in [7, 11) is -3.82. The first-order chi connectivity index (χ1) is 9.29. The molecule has 0 radical (unpaired) electrons. The van der Waals surface area contributed by atoms with Crippen molar-refractivity contribution in [3.05, 3.63) is 29.3 Å². The van der Waals surface area contributed by atoms with Crippen molar-refractivity contribution >= 4 is 27.6 Å². The van der Waals surface area contributed by atoms with Gasteiger partial charge in [0.25, 0.3) is 0 Å². The van der Waals surface area contributed by atoms with Crippen molar-refractivity contribution in [3.63, 3.8) is 0 Å². The first kappa shape index (κ1) is 16.9. The molecule has 0 aliphatic heterocycles. The van der Waals surface area contributed by atoms with E-state index in [1.807, 2.05) is 0 Å². The summed E-state index contributed by atoms with van der Waals surface area (Å²) in [6, 6.07) is 6.04. The maximum atomic E-state index is 12.2. The standard InChI is InChI=1S/C13H18ClNO4S/c1-3-13(4-2,12(16)17)9-15-20(18,19)11-8-6-5-7-10(11)14/h5-8,15H,3-4,9H2,1-2H3,(H,16,17). The van der Waals surface area contributed by atoms with Gasteiger partial charge in [0.15, 0.2) is 0 Å². The molecule has 0 atom stereocenters. The van der Waals surface area contributed by atoms with Gasteiger partial charge in [-0.15, -0.1) is 0 Å². The Morgan fingerprint density at radius 3 is 2.30 bits per heavy atom. The van der Waals surface area contributed by atoms with Gasteiger partial charge in [0.2, 0.25) is 10.0 Å². The third kappa shape index (κ3) is 3.50. The van der Waals surface area contributed by atoms with Crippen LogP contribution in [0.1, 0.15) is 26.7 Å². The lowest BCUT2D eigenvalue weighted by Crippen LogP contribution is -2.42. The van der Waals surface area contributed by atoms with E-state index in [-0.39, 0.29) is 16.5 Å². The van der Waals surface area contributed by atoms with Crippen LogP contribution < -0.4 is 4.72 Å². The Balaban J connectivity index is 2.99. The van der Waals surface area contributed by atoms with E-state index in [0.717, 1.165) is 0 Å². The summed E-state index contributed by atoms with van der Waals surface area (Å²) in [4.78, 5) is 11.3. The van der Waals surface area contributed by atoms with Crippen LogP contribution in [0.4, 0.5) is 0 Å². The lowest BCUT2D eigenvalue weighted by atomic mass is 9.83. The minimum Gasteiger partial charge on any atom is -0.481 e. The summed E-state index contributed by atoms with van der Waals surface area (Å²) in [5, 5.41) is 9.39. The first-order valence-corrected chi connectivity index (χ1v) is 8.13. The minimum absolute atomic E-state index is 0.0480. The topological polar surface area (TPSA) is 83.5 Å². The van der Waals surface area contributed by atoms with Crippen molar-refractivity contribution in [1.82, 2.24) is 4.72 Å². The number of benzene rings is 1. The normalized spacial score (nSPS) is 12.3. The third-order valence-corrected chi connectivity index (χ3v) is 5.44. The Labute approximate surface area is 124 Å². The summed E-state index contributed by atoms with van der Waals surface area (Å²) in [5.74, 6) is -1.01. The molecule has 1 aromatic carbocycles.